The van der Waals surface area contributed by atoms with Crippen LogP contribution in [0.4, 0.5) is 0 Å². The van der Waals surface area contributed by atoms with Crippen molar-refractivity contribution in [2.45, 2.75) is 0 Å². The third-order valence-corrected chi connectivity index (χ3v) is 0.368. The van der Waals surface area contributed by atoms with Crippen molar-refractivity contribution in [2.75, 3.05) is 0 Å². The van der Waals surface area contributed by atoms with Gasteiger partial charge in [-0.25, -0.2) is 9.59 Å². The minimum Gasteiger partial charge on any atom is -1.00 e. The molecule has 0 aromatic rings. The summed E-state index contributed by atoms with van der Waals surface area (Å²) in [5.74, 6) is -2.51. The van der Waals surface area contributed by atoms with Crippen molar-refractivity contribution in [2.24, 2.45) is 0 Å². The molecule has 0 spiro atoms. The molecule has 0 aliphatic rings. The van der Waals surface area contributed by atoms with Crippen LogP contribution in [0.2, 0.25) is 0 Å². The number of carboxylic acid groups (broad SMARTS) is 2. The fraction of sp³-hybridized carbons (Fsp3) is 0. The summed E-state index contributed by atoms with van der Waals surface area (Å²) in [4.78, 5) is 19.1. The first-order valence-corrected chi connectivity index (χ1v) is 1.77. The minimum atomic E-state index is -1.26. The molecule has 2 N–H and O–H groups in total. The summed E-state index contributed by atoms with van der Waals surface area (Å²) in [6.45, 7) is 0. The largest absolute Gasteiger partial charge is 1.00 e. The third kappa shape index (κ3) is 16.1. The van der Waals surface area contributed by atoms with Crippen molar-refractivity contribution in [3.63, 3.8) is 0 Å². The zero-order valence-corrected chi connectivity index (χ0v) is 10.9. The van der Waals surface area contributed by atoms with Crippen LogP contribution in [0.25, 0.3) is 0 Å². The van der Waals surface area contributed by atoms with Crippen molar-refractivity contribution in [1.82, 2.24) is 0 Å². The number of hydrogen-bond donors (Lipinski definition) is 2. The molecule has 0 aliphatic carbocycles. The zero-order valence-electron chi connectivity index (χ0n) is 6.37. The van der Waals surface area contributed by atoms with Gasteiger partial charge in [0, 0.05) is 38.4 Å². The van der Waals surface area contributed by atoms with Gasteiger partial charge in [-0.1, -0.05) is 0 Å². The third-order valence-electron chi connectivity index (χ3n) is 0.368. The number of rotatable bonds is 2. The van der Waals surface area contributed by atoms with E-state index >= 15 is 0 Å². The van der Waals surface area contributed by atoms with Gasteiger partial charge in [-0.05, 0) is 0 Å². The van der Waals surface area contributed by atoms with Gasteiger partial charge in [0.25, 0.3) is 0 Å². The predicted octanol–water partition coefficient (Wildman–Crippen LogP) is -3.17. The second kappa shape index (κ2) is 10.2. The molecule has 4 nitrogen and oxygen atoms in total. The van der Waals surface area contributed by atoms with E-state index in [4.69, 9.17) is 10.2 Å². The first kappa shape index (κ1) is 17.3. The Kier molecular flexibility index (Phi) is 17.7. The van der Waals surface area contributed by atoms with Crippen LogP contribution in [0.5, 0.6) is 0 Å². The van der Waals surface area contributed by atoms with E-state index < -0.39 is 11.9 Å². The fourth-order valence-electron chi connectivity index (χ4n) is 0.143. The zero-order chi connectivity index (χ0) is 6.57. The molecule has 0 aromatic heterocycles. The molecule has 10 heavy (non-hydrogen) atoms. The Balaban J connectivity index is -0.0000000817. The normalized spacial score (nSPS) is 7.60. The summed E-state index contributed by atoms with van der Waals surface area (Å²) in [6, 6.07) is 0. The molecule has 0 saturated heterocycles. The number of carbonyl (C=O) groups is 2. The van der Waals surface area contributed by atoms with Crippen LogP contribution in [0.15, 0.2) is 12.2 Å². The summed E-state index contributed by atoms with van der Waals surface area (Å²) >= 11 is 0. The SMILES string of the molecule is O=C(O)/C=C\C(=O)O.[H-].[K+].[Zr]. The summed E-state index contributed by atoms with van der Waals surface area (Å²) in [5, 5.41) is 15.6. The van der Waals surface area contributed by atoms with Crippen LogP contribution >= 0.6 is 0 Å². The summed E-state index contributed by atoms with van der Waals surface area (Å²) in [7, 11) is 0. The van der Waals surface area contributed by atoms with E-state index in [1.165, 1.54) is 0 Å². The molecule has 50 valence electrons. The smallest absolute Gasteiger partial charge is 1.00 e. The van der Waals surface area contributed by atoms with Crippen LogP contribution < -0.4 is 51.4 Å². The van der Waals surface area contributed by atoms with Crippen molar-refractivity contribution in [1.29, 1.82) is 0 Å². The Morgan fingerprint density at radius 3 is 1.40 bits per heavy atom. The average molecular weight is 247 g/mol. The molecule has 0 atom stereocenters. The molecule has 0 bridgehead atoms. The van der Waals surface area contributed by atoms with E-state index in [0.29, 0.717) is 12.2 Å². The Morgan fingerprint density at radius 1 is 1.10 bits per heavy atom. The van der Waals surface area contributed by atoms with E-state index in [-0.39, 0.29) is 79.0 Å². The summed E-state index contributed by atoms with van der Waals surface area (Å²) in [5.41, 5.74) is 0. The molecule has 0 unspecified atom stereocenters. The molecule has 0 heterocycles. The van der Waals surface area contributed by atoms with Gasteiger partial charge in [0.15, 0.2) is 0 Å². The summed E-state index contributed by atoms with van der Waals surface area (Å²) < 4.78 is 0. The Hall–Kier alpha value is 1.20. The molecular weight excluding hydrogens is 242 g/mol. The number of aliphatic carboxylic acids is 2. The second-order valence-electron chi connectivity index (χ2n) is 1.01. The summed E-state index contributed by atoms with van der Waals surface area (Å²) in [6.07, 6.45) is 1.12. The maximum absolute atomic E-state index is 9.55. The van der Waals surface area contributed by atoms with Gasteiger partial charge in [0.2, 0.25) is 0 Å². The van der Waals surface area contributed by atoms with Gasteiger partial charge < -0.3 is 11.6 Å². The van der Waals surface area contributed by atoms with Crippen molar-refractivity contribution in [3.05, 3.63) is 12.2 Å². The molecular formula is C4H5KO4Zr. The Morgan fingerprint density at radius 2 is 1.30 bits per heavy atom. The molecule has 0 rings (SSSR count). The molecule has 0 aromatic carbocycles. The van der Waals surface area contributed by atoms with Crippen LogP contribution in [0.1, 0.15) is 1.43 Å². The monoisotopic (exact) mass is 246 g/mol. The molecule has 0 fully saturated rings. The standard InChI is InChI=1S/C4H4O4.K.Zr.H/c5-3(6)1-2-4(7)8;;;/h1-2H,(H,5,6)(H,7,8);;;/q;+1;;-1/b2-1-;;;. The molecule has 0 aliphatic heterocycles. The van der Waals surface area contributed by atoms with E-state index in [1.807, 2.05) is 0 Å². The van der Waals surface area contributed by atoms with Crippen molar-refractivity contribution in [3.8, 4) is 0 Å². The van der Waals surface area contributed by atoms with Crippen LogP contribution in [-0.2, 0) is 35.8 Å². The maximum Gasteiger partial charge on any atom is 1.00 e. The van der Waals surface area contributed by atoms with Crippen LogP contribution in [0, 0.1) is 0 Å². The van der Waals surface area contributed by atoms with E-state index in [0.717, 1.165) is 0 Å². The van der Waals surface area contributed by atoms with Gasteiger partial charge in [0.05, 0.1) is 0 Å². The Bertz CT molecular complexity index is 133. The first-order valence-electron chi connectivity index (χ1n) is 1.77. The van der Waals surface area contributed by atoms with Gasteiger partial charge in [-0.2, -0.15) is 0 Å². The van der Waals surface area contributed by atoms with Gasteiger partial charge in [-0.15, -0.1) is 0 Å². The molecule has 6 heteroatoms. The Labute approximate surface area is 121 Å². The van der Waals surface area contributed by atoms with Gasteiger partial charge >= 0.3 is 63.3 Å². The predicted molar refractivity (Wildman–Crippen MR) is 25.5 cm³/mol. The maximum atomic E-state index is 9.55. The van der Waals surface area contributed by atoms with Gasteiger partial charge in [0.1, 0.15) is 0 Å². The molecule has 0 amide bonds. The molecule has 0 radical (unpaired) electrons. The van der Waals surface area contributed by atoms with E-state index in [1.54, 1.807) is 0 Å². The van der Waals surface area contributed by atoms with E-state index in [2.05, 4.69) is 0 Å². The topological polar surface area (TPSA) is 74.6 Å². The van der Waals surface area contributed by atoms with Crippen molar-refractivity contribution >= 4 is 11.9 Å². The fourth-order valence-corrected chi connectivity index (χ4v) is 0.143. The van der Waals surface area contributed by atoms with E-state index in [9.17, 15) is 9.59 Å². The van der Waals surface area contributed by atoms with Crippen LogP contribution in [0.3, 0.4) is 0 Å². The second-order valence-corrected chi connectivity index (χ2v) is 1.01. The minimum absolute atomic E-state index is 0. The van der Waals surface area contributed by atoms with Crippen molar-refractivity contribution < 1.29 is 98.8 Å². The average Bonchev–Trinajstić information content (AvgIpc) is 1.61. The van der Waals surface area contributed by atoms with Crippen LogP contribution in [-0.4, -0.2) is 22.2 Å². The number of carboxylic acids is 2. The van der Waals surface area contributed by atoms with Gasteiger partial charge in [-0.3, -0.25) is 0 Å². The molecule has 0 saturated carbocycles. The first-order chi connectivity index (χ1) is 3.63. The quantitative estimate of drug-likeness (QED) is 0.399. The number of hydrogen-bond acceptors (Lipinski definition) is 2.